The van der Waals surface area contributed by atoms with Crippen LogP contribution in [0.3, 0.4) is 0 Å². The molecule has 1 aromatic carbocycles. The lowest BCUT2D eigenvalue weighted by Gasteiger charge is -2.21. The van der Waals surface area contributed by atoms with E-state index in [0.717, 1.165) is 24.4 Å². The van der Waals surface area contributed by atoms with Gasteiger partial charge in [-0.3, -0.25) is 4.40 Å². The van der Waals surface area contributed by atoms with Crippen LogP contribution in [0, 0.1) is 0 Å². The Morgan fingerprint density at radius 1 is 0.971 bits per heavy atom. The average Bonchev–Trinajstić information content (AvgIpc) is 3.52. The van der Waals surface area contributed by atoms with Crippen molar-refractivity contribution in [2.45, 2.75) is 24.9 Å². The summed E-state index contributed by atoms with van der Waals surface area (Å²) in [6, 6.07) is 9.07. The summed E-state index contributed by atoms with van der Waals surface area (Å²) in [5.74, 6) is -4.44. The van der Waals surface area contributed by atoms with Crippen LogP contribution in [0.2, 0.25) is 0 Å². The van der Waals surface area contributed by atoms with E-state index in [1.807, 2.05) is 0 Å². The Morgan fingerprint density at radius 2 is 1.83 bits per heavy atom. The zero-order chi connectivity index (χ0) is 24.4. The van der Waals surface area contributed by atoms with Gasteiger partial charge in [-0.2, -0.15) is 22.0 Å². The first-order chi connectivity index (χ1) is 16.7. The first-order valence-electron chi connectivity index (χ1n) is 10.5. The number of imidazole rings is 1. The molecule has 0 atom stereocenters. The maximum absolute atomic E-state index is 14.5. The Hall–Kier alpha value is -4.09. The Kier molecular flexibility index (Phi) is 4.57. The molecule has 12 heteroatoms. The number of fused-ring (bicyclic) bond motifs is 4. The molecule has 35 heavy (non-hydrogen) atoms. The van der Waals surface area contributed by atoms with Gasteiger partial charge in [0, 0.05) is 11.6 Å². The first kappa shape index (κ1) is 21.4. The molecule has 0 spiro atoms. The number of pyridine rings is 2. The Bertz CT molecular complexity index is 1580. The Morgan fingerprint density at radius 3 is 2.60 bits per heavy atom. The summed E-state index contributed by atoms with van der Waals surface area (Å²) in [6.07, 6.45) is -1.85. The maximum atomic E-state index is 14.5. The van der Waals surface area contributed by atoms with E-state index >= 15 is 0 Å². The highest BCUT2D eigenvalue weighted by Crippen LogP contribution is 2.45. The van der Waals surface area contributed by atoms with Crippen LogP contribution in [0.5, 0.6) is 5.75 Å². The topological polar surface area (TPSA) is 78.3 Å². The lowest BCUT2D eigenvalue weighted by Crippen LogP contribution is -2.34. The highest BCUT2D eigenvalue weighted by molar-refractivity contribution is 5.95. The molecule has 0 N–H and O–H groups in total. The largest absolute Gasteiger partial charge is 0.493 e. The number of benzene rings is 1. The van der Waals surface area contributed by atoms with E-state index in [0.29, 0.717) is 29.7 Å². The molecule has 7 nitrogen and oxygen atoms in total. The fraction of sp³-hybridized carbons (Fsp3) is 0.217. The molecule has 5 aromatic rings. The summed E-state index contributed by atoms with van der Waals surface area (Å²) in [5, 5.41) is 7.71. The smallest absolute Gasteiger partial charge is 0.459 e. The Balaban J connectivity index is 1.65. The van der Waals surface area contributed by atoms with Gasteiger partial charge in [-0.05, 0) is 59.9 Å². The first-order valence-corrected chi connectivity index (χ1v) is 10.5. The predicted octanol–water partition coefficient (Wildman–Crippen LogP) is 5.58. The summed E-state index contributed by atoms with van der Waals surface area (Å²) in [6.45, 7) is 0.563. The number of aryl methyl sites for hydroxylation is 1. The summed E-state index contributed by atoms with van der Waals surface area (Å²) >= 11 is 0. The molecule has 5 heterocycles. The van der Waals surface area contributed by atoms with E-state index in [2.05, 4.69) is 20.2 Å². The molecule has 178 valence electrons. The average molecular weight is 487 g/mol. The lowest BCUT2D eigenvalue weighted by molar-refractivity contribution is -0.290. The third kappa shape index (κ3) is 3.39. The number of hydrogen-bond acceptors (Lipinski definition) is 6. The van der Waals surface area contributed by atoms with Crippen molar-refractivity contribution in [3.05, 3.63) is 60.2 Å². The van der Waals surface area contributed by atoms with Crippen LogP contribution >= 0.6 is 0 Å². The maximum Gasteiger partial charge on any atom is 0.459 e. The van der Waals surface area contributed by atoms with Gasteiger partial charge in [0.1, 0.15) is 28.4 Å². The van der Waals surface area contributed by atoms with Gasteiger partial charge >= 0.3 is 12.1 Å². The predicted molar refractivity (Wildman–Crippen MR) is 113 cm³/mol. The summed E-state index contributed by atoms with van der Waals surface area (Å²) in [5.41, 5.74) is 0.445. The number of aromatic nitrogens is 5. The second-order valence-corrected chi connectivity index (χ2v) is 8.07. The third-order valence-electron chi connectivity index (χ3n) is 5.88. The van der Waals surface area contributed by atoms with Gasteiger partial charge in [0.15, 0.2) is 0 Å². The summed E-state index contributed by atoms with van der Waals surface area (Å²) < 4.78 is 81.1. The molecule has 4 aromatic heterocycles. The monoisotopic (exact) mass is 487 g/mol. The minimum Gasteiger partial charge on any atom is -0.493 e. The van der Waals surface area contributed by atoms with Crippen LogP contribution in [0.1, 0.15) is 17.7 Å². The van der Waals surface area contributed by atoms with E-state index < -0.39 is 17.8 Å². The van der Waals surface area contributed by atoms with Crippen molar-refractivity contribution >= 4 is 16.7 Å². The van der Waals surface area contributed by atoms with Crippen LogP contribution in [-0.4, -0.2) is 37.3 Å². The van der Waals surface area contributed by atoms with Crippen molar-refractivity contribution in [1.82, 2.24) is 24.6 Å². The standard InChI is InChI=1S/C23H14F5N5O2/c24-22(25,23(26,27)28)18-9-15(12-3-5-17-13(8-12)2-1-7-34-17)14-4-6-19-30-16(21-32-29-11-35-21)10-33(19)20(14)31-18/h3-6,8-11H,1-2,7H2. The van der Waals surface area contributed by atoms with Crippen molar-refractivity contribution in [2.24, 2.45) is 0 Å². The Labute approximate surface area is 193 Å². The van der Waals surface area contributed by atoms with Crippen molar-refractivity contribution in [1.29, 1.82) is 0 Å². The van der Waals surface area contributed by atoms with Gasteiger partial charge in [0.05, 0.1) is 6.61 Å². The van der Waals surface area contributed by atoms with Gasteiger partial charge in [0.2, 0.25) is 6.39 Å². The van der Waals surface area contributed by atoms with Gasteiger partial charge in [0.25, 0.3) is 5.89 Å². The molecule has 0 saturated carbocycles. The van der Waals surface area contributed by atoms with Crippen molar-refractivity contribution < 1.29 is 31.1 Å². The fourth-order valence-electron chi connectivity index (χ4n) is 4.19. The molecule has 6 rings (SSSR count). The SMILES string of the molecule is FC(F)(F)C(F)(F)c1cc(-c2ccc3c(c2)CCCO3)c2ccc3nc(-c4nnco4)cn3c2n1. The highest BCUT2D eigenvalue weighted by Gasteiger charge is 2.60. The van der Waals surface area contributed by atoms with E-state index in [4.69, 9.17) is 9.15 Å². The summed E-state index contributed by atoms with van der Waals surface area (Å²) in [7, 11) is 0. The molecule has 0 fully saturated rings. The molecule has 0 radical (unpaired) electrons. The number of ether oxygens (including phenoxy) is 1. The molecule has 0 saturated heterocycles. The van der Waals surface area contributed by atoms with Crippen LogP contribution in [-0.2, 0) is 12.3 Å². The van der Waals surface area contributed by atoms with Crippen molar-refractivity contribution in [3.8, 4) is 28.5 Å². The highest BCUT2D eigenvalue weighted by atomic mass is 19.4. The number of rotatable bonds is 3. The molecule has 1 aliphatic heterocycles. The summed E-state index contributed by atoms with van der Waals surface area (Å²) in [4.78, 5) is 8.08. The molecule has 1 aliphatic rings. The number of alkyl halides is 5. The van der Waals surface area contributed by atoms with Crippen molar-refractivity contribution in [3.63, 3.8) is 0 Å². The van der Waals surface area contributed by atoms with Gasteiger partial charge in [-0.25, -0.2) is 9.97 Å². The molecule has 0 aliphatic carbocycles. The molecule has 0 amide bonds. The van der Waals surface area contributed by atoms with Crippen LogP contribution < -0.4 is 4.74 Å². The third-order valence-corrected chi connectivity index (χ3v) is 5.88. The van der Waals surface area contributed by atoms with Crippen LogP contribution in [0.15, 0.2) is 53.4 Å². The van der Waals surface area contributed by atoms with E-state index in [-0.39, 0.29) is 28.4 Å². The van der Waals surface area contributed by atoms with Crippen LogP contribution in [0.25, 0.3) is 39.4 Å². The van der Waals surface area contributed by atoms with Gasteiger partial charge in [-0.1, -0.05) is 6.07 Å². The minimum atomic E-state index is -5.83. The molecule has 0 unspecified atom stereocenters. The minimum absolute atomic E-state index is 0.0635. The van der Waals surface area contributed by atoms with Gasteiger partial charge in [-0.15, -0.1) is 10.2 Å². The number of nitrogens with zero attached hydrogens (tertiary/aromatic N) is 5. The molecular weight excluding hydrogens is 473 g/mol. The number of hydrogen-bond donors (Lipinski definition) is 0. The van der Waals surface area contributed by atoms with E-state index in [1.54, 1.807) is 30.3 Å². The van der Waals surface area contributed by atoms with Crippen molar-refractivity contribution in [2.75, 3.05) is 6.61 Å². The second-order valence-electron chi connectivity index (χ2n) is 8.07. The quantitative estimate of drug-likeness (QED) is 0.309. The van der Waals surface area contributed by atoms with Crippen LogP contribution in [0.4, 0.5) is 22.0 Å². The number of halogens is 5. The van der Waals surface area contributed by atoms with E-state index in [9.17, 15) is 22.0 Å². The molecular formula is C23H14F5N5O2. The normalized spacial score (nSPS) is 14.3. The zero-order valence-corrected chi connectivity index (χ0v) is 17.7. The lowest BCUT2D eigenvalue weighted by atomic mass is 9.96. The second kappa shape index (κ2) is 7.45. The molecule has 0 bridgehead atoms. The van der Waals surface area contributed by atoms with E-state index in [1.165, 1.54) is 10.6 Å². The van der Waals surface area contributed by atoms with Gasteiger partial charge < -0.3 is 9.15 Å². The fourth-order valence-corrected chi connectivity index (χ4v) is 4.19. The zero-order valence-electron chi connectivity index (χ0n) is 17.7.